The van der Waals surface area contributed by atoms with Crippen molar-refractivity contribution in [3.63, 3.8) is 0 Å². The summed E-state index contributed by atoms with van der Waals surface area (Å²) in [7, 11) is 0. The number of ether oxygens (including phenoxy) is 1. The Balaban J connectivity index is 2.80. The van der Waals surface area contributed by atoms with E-state index < -0.39 is 11.9 Å². The lowest BCUT2D eigenvalue weighted by Crippen LogP contribution is -2.11. The van der Waals surface area contributed by atoms with Crippen LogP contribution < -0.4 is 4.74 Å². The van der Waals surface area contributed by atoms with Gasteiger partial charge in [0.1, 0.15) is 5.75 Å². The summed E-state index contributed by atoms with van der Waals surface area (Å²) in [5, 5.41) is 9.14. The Bertz CT molecular complexity index is 354. The van der Waals surface area contributed by atoms with Gasteiger partial charge in [0.2, 0.25) is 0 Å². The van der Waals surface area contributed by atoms with Gasteiger partial charge in [0.05, 0.1) is 12.0 Å². The molecule has 17 heavy (non-hydrogen) atoms. The molecule has 3 nitrogen and oxygen atoms in total. The average Bonchev–Trinajstić information content (AvgIpc) is 2.26. The van der Waals surface area contributed by atoms with Gasteiger partial charge in [-0.1, -0.05) is 25.5 Å². The van der Waals surface area contributed by atoms with Crippen LogP contribution in [0, 0.1) is 0 Å². The molecule has 0 heterocycles. The van der Waals surface area contributed by atoms with Crippen LogP contribution in [0.15, 0.2) is 24.3 Å². The third-order valence-electron chi connectivity index (χ3n) is 2.53. The quantitative estimate of drug-likeness (QED) is 0.823. The van der Waals surface area contributed by atoms with Gasteiger partial charge < -0.3 is 9.84 Å². The Morgan fingerprint density at radius 1 is 1.29 bits per heavy atom. The molecule has 0 radical (unpaired) electrons. The highest BCUT2D eigenvalue weighted by molar-refractivity contribution is 5.76. The highest BCUT2D eigenvalue weighted by Crippen LogP contribution is 2.24. The first kappa shape index (κ1) is 13.6. The Morgan fingerprint density at radius 2 is 1.88 bits per heavy atom. The minimum absolute atomic E-state index is 0.131. The fourth-order valence-corrected chi connectivity index (χ4v) is 1.77. The smallest absolute Gasteiger partial charge is 0.310 e. The van der Waals surface area contributed by atoms with E-state index in [0.29, 0.717) is 6.42 Å². The monoisotopic (exact) mass is 236 g/mol. The highest BCUT2D eigenvalue weighted by Gasteiger charge is 2.18. The summed E-state index contributed by atoms with van der Waals surface area (Å²) in [6, 6.07) is 7.35. The first-order valence-corrected chi connectivity index (χ1v) is 6.04. The first-order valence-electron chi connectivity index (χ1n) is 6.04. The van der Waals surface area contributed by atoms with E-state index in [2.05, 4.69) is 0 Å². The van der Waals surface area contributed by atoms with Gasteiger partial charge in [-0.05, 0) is 38.0 Å². The molecule has 0 spiro atoms. The molecule has 1 aromatic rings. The molecule has 0 amide bonds. The van der Waals surface area contributed by atoms with E-state index in [-0.39, 0.29) is 6.10 Å². The van der Waals surface area contributed by atoms with E-state index in [0.717, 1.165) is 17.7 Å². The number of hydrogen-bond donors (Lipinski definition) is 1. The minimum atomic E-state index is -0.760. The molecule has 0 aliphatic carbocycles. The summed E-state index contributed by atoms with van der Waals surface area (Å²) in [6.07, 6.45) is 1.66. The van der Waals surface area contributed by atoms with E-state index in [1.807, 2.05) is 45.0 Å². The maximum absolute atomic E-state index is 11.1. The number of carbonyl (C=O) groups is 1. The fourth-order valence-electron chi connectivity index (χ4n) is 1.77. The number of hydrogen-bond acceptors (Lipinski definition) is 2. The first-order chi connectivity index (χ1) is 8.04. The fraction of sp³-hybridized carbons (Fsp3) is 0.500. The van der Waals surface area contributed by atoms with E-state index >= 15 is 0 Å². The topological polar surface area (TPSA) is 46.5 Å². The Morgan fingerprint density at radius 3 is 2.29 bits per heavy atom. The molecule has 1 unspecified atom stereocenters. The average molecular weight is 236 g/mol. The van der Waals surface area contributed by atoms with Crippen molar-refractivity contribution >= 4 is 5.97 Å². The molecule has 0 bridgehead atoms. The van der Waals surface area contributed by atoms with Crippen molar-refractivity contribution in [1.29, 1.82) is 0 Å². The highest BCUT2D eigenvalue weighted by atomic mass is 16.5. The molecule has 1 atom stereocenters. The molecule has 0 aliphatic rings. The van der Waals surface area contributed by atoms with Crippen molar-refractivity contribution in [2.45, 2.75) is 45.6 Å². The van der Waals surface area contributed by atoms with Crippen molar-refractivity contribution in [1.82, 2.24) is 0 Å². The molecule has 0 aromatic heterocycles. The lowest BCUT2D eigenvalue weighted by Gasteiger charge is -2.13. The van der Waals surface area contributed by atoms with Gasteiger partial charge >= 0.3 is 5.97 Å². The summed E-state index contributed by atoms with van der Waals surface area (Å²) in [5.41, 5.74) is 0.843. The number of rotatable bonds is 6. The third kappa shape index (κ3) is 4.10. The van der Waals surface area contributed by atoms with Crippen LogP contribution in [0.2, 0.25) is 0 Å². The SMILES string of the molecule is CCCC(C(=O)O)c1ccc(OC(C)C)cc1. The summed E-state index contributed by atoms with van der Waals surface area (Å²) in [5.74, 6) is -0.387. The molecule has 0 aliphatic heterocycles. The van der Waals surface area contributed by atoms with Crippen LogP contribution in [0.1, 0.15) is 45.1 Å². The zero-order valence-corrected chi connectivity index (χ0v) is 10.6. The molecule has 0 saturated heterocycles. The largest absolute Gasteiger partial charge is 0.491 e. The Kier molecular flexibility index (Phi) is 5.01. The number of carboxylic acid groups (broad SMARTS) is 1. The van der Waals surface area contributed by atoms with Crippen LogP contribution in [-0.4, -0.2) is 17.2 Å². The van der Waals surface area contributed by atoms with Crippen molar-refractivity contribution in [3.05, 3.63) is 29.8 Å². The molecule has 0 fully saturated rings. The predicted octanol–water partition coefficient (Wildman–Crippen LogP) is 3.44. The van der Waals surface area contributed by atoms with Crippen LogP contribution in [0.3, 0.4) is 0 Å². The second-order valence-electron chi connectivity index (χ2n) is 4.42. The third-order valence-corrected chi connectivity index (χ3v) is 2.53. The second-order valence-corrected chi connectivity index (χ2v) is 4.42. The Labute approximate surface area is 102 Å². The van der Waals surface area contributed by atoms with Crippen molar-refractivity contribution in [2.24, 2.45) is 0 Å². The second kappa shape index (κ2) is 6.28. The summed E-state index contributed by atoms with van der Waals surface area (Å²) < 4.78 is 5.52. The van der Waals surface area contributed by atoms with Gasteiger partial charge in [0, 0.05) is 0 Å². The van der Waals surface area contributed by atoms with E-state index in [4.69, 9.17) is 9.84 Å². The van der Waals surface area contributed by atoms with Crippen LogP contribution in [-0.2, 0) is 4.79 Å². The van der Waals surface area contributed by atoms with Gasteiger partial charge in [0.15, 0.2) is 0 Å². The molecule has 0 saturated carbocycles. The van der Waals surface area contributed by atoms with Gasteiger partial charge in [-0.2, -0.15) is 0 Å². The molecule has 1 rings (SSSR count). The maximum atomic E-state index is 11.1. The van der Waals surface area contributed by atoms with Crippen molar-refractivity contribution in [2.75, 3.05) is 0 Å². The van der Waals surface area contributed by atoms with Crippen LogP contribution in [0.4, 0.5) is 0 Å². The van der Waals surface area contributed by atoms with E-state index in [1.165, 1.54) is 0 Å². The van der Waals surface area contributed by atoms with Crippen molar-refractivity contribution < 1.29 is 14.6 Å². The summed E-state index contributed by atoms with van der Waals surface area (Å²) in [6.45, 7) is 5.92. The number of aliphatic carboxylic acids is 1. The molecule has 94 valence electrons. The predicted molar refractivity (Wildman–Crippen MR) is 67.5 cm³/mol. The van der Waals surface area contributed by atoms with E-state index in [9.17, 15) is 4.79 Å². The zero-order valence-electron chi connectivity index (χ0n) is 10.6. The minimum Gasteiger partial charge on any atom is -0.491 e. The summed E-state index contributed by atoms with van der Waals surface area (Å²) in [4.78, 5) is 11.1. The van der Waals surface area contributed by atoms with Gasteiger partial charge in [-0.3, -0.25) is 4.79 Å². The Hall–Kier alpha value is -1.51. The van der Waals surface area contributed by atoms with Crippen LogP contribution in [0.5, 0.6) is 5.75 Å². The molecule has 1 aromatic carbocycles. The number of carboxylic acids is 1. The van der Waals surface area contributed by atoms with Gasteiger partial charge in [-0.25, -0.2) is 0 Å². The number of benzene rings is 1. The lowest BCUT2D eigenvalue weighted by molar-refractivity contribution is -0.139. The van der Waals surface area contributed by atoms with Crippen LogP contribution >= 0.6 is 0 Å². The zero-order chi connectivity index (χ0) is 12.8. The standard InChI is InChI=1S/C14H20O3/c1-4-5-13(14(15)16)11-6-8-12(9-7-11)17-10(2)3/h6-10,13H,4-5H2,1-3H3,(H,15,16). The lowest BCUT2D eigenvalue weighted by atomic mass is 9.95. The van der Waals surface area contributed by atoms with Crippen LogP contribution in [0.25, 0.3) is 0 Å². The van der Waals surface area contributed by atoms with Gasteiger partial charge in [-0.15, -0.1) is 0 Å². The normalized spacial score (nSPS) is 12.5. The molecular weight excluding hydrogens is 216 g/mol. The summed E-state index contributed by atoms with van der Waals surface area (Å²) >= 11 is 0. The van der Waals surface area contributed by atoms with Gasteiger partial charge in [0.25, 0.3) is 0 Å². The van der Waals surface area contributed by atoms with E-state index in [1.54, 1.807) is 0 Å². The maximum Gasteiger partial charge on any atom is 0.310 e. The molecule has 3 heteroatoms. The molecular formula is C14H20O3. The molecule has 1 N–H and O–H groups in total. The van der Waals surface area contributed by atoms with Crippen molar-refractivity contribution in [3.8, 4) is 5.75 Å².